The SMILES string of the molecule is COc1ccc(-c2[nH]c3ccccc3c2CCC(=O)NNC(=O)c2ccccc2)cc1. The van der Waals surface area contributed by atoms with Gasteiger partial charge in [-0.05, 0) is 60.0 Å². The maximum atomic E-state index is 12.4. The molecular weight excluding hydrogens is 390 g/mol. The van der Waals surface area contributed by atoms with Crippen molar-refractivity contribution in [1.29, 1.82) is 0 Å². The van der Waals surface area contributed by atoms with Gasteiger partial charge < -0.3 is 9.72 Å². The Morgan fingerprint density at radius 3 is 2.32 bits per heavy atom. The highest BCUT2D eigenvalue weighted by Gasteiger charge is 2.15. The molecule has 0 spiro atoms. The van der Waals surface area contributed by atoms with E-state index in [9.17, 15) is 9.59 Å². The van der Waals surface area contributed by atoms with E-state index in [1.807, 2.05) is 54.6 Å². The molecule has 0 bridgehead atoms. The van der Waals surface area contributed by atoms with Crippen molar-refractivity contribution < 1.29 is 14.3 Å². The third kappa shape index (κ3) is 4.59. The van der Waals surface area contributed by atoms with Crippen molar-refractivity contribution in [1.82, 2.24) is 15.8 Å². The number of nitrogens with one attached hydrogen (secondary N) is 3. The fourth-order valence-corrected chi connectivity index (χ4v) is 3.55. The molecular formula is C25H23N3O3. The van der Waals surface area contributed by atoms with E-state index in [1.165, 1.54) is 0 Å². The van der Waals surface area contributed by atoms with Crippen LogP contribution in [0.3, 0.4) is 0 Å². The maximum Gasteiger partial charge on any atom is 0.269 e. The molecule has 4 rings (SSSR count). The molecule has 31 heavy (non-hydrogen) atoms. The van der Waals surface area contributed by atoms with Crippen LogP contribution in [0.2, 0.25) is 0 Å². The lowest BCUT2D eigenvalue weighted by Gasteiger charge is -2.09. The highest BCUT2D eigenvalue weighted by molar-refractivity contribution is 5.95. The van der Waals surface area contributed by atoms with Gasteiger partial charge in [0.05, 0.1) is 7.11 Å². The number of rotatable bonds is 6. The zero-order valence-electron chi connectivity index (χ0n) is 17.1. The zero-order valence-corrected chi connectivity index (χ0v) is 17.1. The molecule has 2 amide bonds. The number of H-pyrrole nitrogens is 1. The lowest BCUT2D eigenvalue weighted by atomic mass is 10.0. The molecule has 0 aliphatic heterocycles. The van der Waals surface area contributed by atoms with E-state index in [1.54, 1.807) is 31.4 Å². The number of hydrazine groups is 1. The third-order valence-electron chi connectivity index (χ3n) is 5.15. The molecule has 4 aromatic rings. The van der Waals surface area contributed by atoms with Gasteiger partial charge in [0.2, 0.25) is 5.91 Å². The lowest BCUT2D eigenvalue weighted by molar-refractivity contribution is -0.121. The van der Waals surface area contributed by atoms with Gasteiger partial charge in [-0.15, -0.1) is 0 Å². The summed E-state index contributed by atoms with van der Waals surface area (Å²) in [5.74, 6) is 0.185. The average molecular weight is 413 g/mol. The van der Waals surface area contributed by atoms with Gasteiger partial charge in [0.15, 0.2) is 0 Å². The molecule has 6 nitrogen and oxygen atoms in total. The fourth-order valence-electron chi connectivity index (χ4n) is 3.55. The monoisotopic (exact) mass is 413 g/mol. The van der Waals surface area contributed by atoms with Gasteiger partial charge >= 0.3 is 0 Å². The van der Waals surface area contributed by atoms with E-state index >= 15 is 0 Å². The predicted molar refractivity (Wildman–Crippen MR) is 121 cm³/mol. The van der Waals surface area contributed by atoms with Crippen LogP contribution in [0, 0.1) is 0 Å². The summed E-state index contributed by atoms with van der Waals surface area (Å²) in [4.78, 5) is 28.0. The highest BCUT2D eigenvalue weighted by atomic mass is 16.5. The van der Waals surface area contributed by atoms with Gasteiger partial charge in [0.1, 0.15) is 5.75 Å². The average Bonchev–Trinajstić information content (AvgIpc) is 3.20. The number of aromatic amines is 1. The van der Waals surface area contributed by atoms with Gasteiger partial charge in [0, 0.05) is 28.6 Å². The number of methoxy groups -OCH3 is 1. The highest BCUT2D eigenvalue weighted by Crippen LogP contribution is 2.32. The van der Waals surface area contributed by atoms with Crippen LogP contribution in [-0.4, -0.2) is 23.9 Å². The quantitative estimate of drug-likeness (QED) is 0.414. The summed E-state index contributed by atoms with van der Waals surface area (Å²) >= 11 is 0. The molecule has 0 atom stereocenters. The molecule has 0 unspecified atom stereocenters. The Labute approximate surface area is 180 Å². The van der Waals surface area contributed by atoms with Crippen LogP contribution >= 0.6 is 0 Å². The summed E-state index contributed by atoms with van der Waals surface area (Å²) in [6.45, 7) is 0. The first-order chi connectivity index (χ1) is 15.2. The number of hydrogen-bond acceptors (Lipinski definition) is 3. The first-order valence-electron chi connectivity index (χ1n) is 10.0. The fraction of sp³-hybridized carbons (Fsp3) is 0.120. The van der Waals surface area contributed by atoms with Crippen LogP contribution in [0.25, 0.3) is 22.2 Å². The number of hydrogen-bond donors (Lipinski definition) is 3. The molecule has 3 aromatic carbocycles. The largest absolute Gasteiger partial charge is 0.497 e. The Morgan fingerprint density at radius 1 is 0.871 bits per heavy atom. The van der Waals surface area contributed by atoms with Gasteiger partial charge in [-0.25, -0.2) is 0 Å². The first kappa shape index (κ1) is 20.2. The van der Waals surface area contributed by atoms with E-state index < -0.39 is 0 Å². The molecule has 0 aliphatic rings. The number of benzene rings is 3. The molecule has 0 fully saturated rings. The van der Waals surface area contributed by atoms with E-state index in [-0.39, 0.29) is 18.2 Å². The number of carbonyl (C=O) groups is 2. The Morgan fingerprint density at radius 2 is 1.58 bits per heavy atom. The van der Waals surface area contributed by atoms with E-state index in [4.69, 9.17) is 4.74 Å². The topological polar surface area (TPSA) is 83.2 Å². The Bertz CT molecular complexity index is 1200. The second-order valence-electron chi connectivity index (χ2n) is 7.12. The number of fused-ring (bicyclic) bond motifs is 1. The number of ether oxygens (including phenoxy) is 1. The first-order valence-corrected chi connectivity index (χ1v) is 10.0. The van der Waals surface area contributed by atoms with Gasteiger partial charge in [0.25, 0.3) is 5.91 Å². The van der Waals surface area contributed by atoms with Crippen molar-refractivity contribution >= 4 is 22.7 Å². The second-order valence-corrected chi connectivity index (χ2v) is 7.12. The molecule has 0 radical (unpaired) electrons. The van der Waals surface area contributed by atoms with Gasteiger partial charge in [-0.2, -0.15) is 0 Å². The van der Waals surface area contributed by atoms with Crippen molar-refractivity contribution in [3.05, 3.63) is 90.0 Å². The Kier molecular flexibility index (Phi) is 5.98. The lowest BCUT2D eigenvalue weighted by Crippen LogP contribution is -2.41. The predicted octanol–water partition coefficient (Wildman–Crippen LogP) is 4.24. The van der Waals surface area contributed by atoms with Crippen molar-refractivity contribution in [3.8, 4) is 17.0 Å². The summed E-state index contributed by atoms with van der Waals surface area (Å²) in [7, 11) is 1.64. The molecule has 3 N–H and O–H groups in total. The summed E-state index contributed by atoms with van der Waals surface area (Å²) < 4.78 is 5.25. The van der Waals surface area contributed by atoms with E-state index in [0.717, 1.165) is 33.5 Å². The molecule has 0 saturated carbocycles. The third-order valence-corrected chi connectivity index (χ3v) is 5.15. The van der Waals surface area contributed by atoms with Crippen LogP contribution in [-0.2, 0) is 11.2 Å². The van der Waals surface area contributed by atoms with Crippen LogP contribution in [0.5, 0.6) is 5.75 Å². The van der Waals surface area contributed by atoms with Gasteiger partial charge in [-0.3, -0.25) is 20.4 Å². The Hall–Kier alpha value is -4.06. The summed E-state index contributed by atoms with van der Waals surface area (Å²) in [6.07, 6.45) is 0.762. The number of para-hydroxylation sites is 1. The van der Waals surface area contributed by atoms with E-state index in [0.29, 0.717) is 12.0 Å². The summed E-state index contributed by atoms with van der Waals surface area (Å²) in [5, 5.41) is 1.08. The summed E-state index contributed by atoms with van der Waals surface area (Å²) in [5.41, 5.74) is 9.52. The molecule has 1 aromatic heterocycles. The number of aromatic nitrogens is 1. The molecule has 1 heterocycles. The van der Waals surface area contributed by atoms with Gasteiger partial charge in [-0.1, -0.05) is 36.4 Å². The number of aryl methyl sites for hydroxylation is 1. The molecule has 156 valence electrons. The maximum absolute atomic E-state index is 12.4. The van der Waals surface area contributed by atoms with Crippen molar-refractivity contribution in [2.75, 3.05) is 7.11 Å². The number of amides is 2. The normalized spacial score (nSPS) is 10.6. The molecule has 6 heteroatoms. The minimum atomic E-state index is -0.347. The summed E-state index contributed by atoms with van der Waals surface area (Å²) in [6, 6.07) is 24.6. The number of carbonyl (C=O) groups excluding carboxylic acids is 2. The Balaban J connectivity index is 1.48. The van der Waals surface area contributed by atoms with Crippen LogP contribution < -0.4 is 15.6 Å². The van der Waals surface area contributed by atoms with Crippen molar-refractivity contribution in [3.63, 3.8) is 0 Å². The second kappa shape index (κ2) is 9.17. The minimum Gasteiger partial charge on any atom is -0.497 e. The molecule has 0 aliphatic carbocycles. The zero-order chi connectivity index (χ0) is 21.6. The van der Waals surface area contributed by atoms with Crippen LogP contribution in [0.4, 0.5) is 0 Å². The van der Waals surface area contributed by atoms with Crippen molar-refractivity contribution in [2.45, 2.75) is 12.8 Å². The van der Waals surface area contributed by atoms with Crippen molar-refractivity contribution in [2.24, 2.45) is 0 Å². The van der Waals surface area contributed by atoms with Crippen LogP contribution in [0.1, 0.15) is 22.3 Å². The molecule has 0 saturated heterocycles. The van der Waals surface area contributed by atoms with E-state index in [2.05, 4.69) is 15.8 Å². The minimum absolute atomic E-state index is 0.236. The standard InChI is InChI=1S/C25H23N3O3/c1-31-19-13-11-17(12-14-19)24-21(20-9-5-6-10-22(20)26-24)15-16-23(29)27-28-25(30)18-7-3-2-4-8-18/h2-14,26H,15-16H2,1H3,(H,27,29)(H,28,30). The van der Waals surface area contributed by atoms with Crippen LogP contribution in [0.15, 0.2) is 78.9 Å². The smallest absolute Gasteiger partial charge is 0.269 e.